The Morgan fingerprint density at radius 2 is 1.95 bits per heavy atom. The number of aromatic nitrogens is 5. The molecule has 0 bridgehead atoms. The summed E-state index contributed by atoms with van der Waals surface area (Å²) in [6.45, 7) is 0. The van der Waals surface area contributed by atoms with Crippen LogP contribution in [0.4, 0.5) is 4.39 Å². The van der Waals surface area contributed by atoms with Crippen LogP contribution in [0.25, 0.3) is 28.0 Å². The Hall–Kier alpha value is -3.02. The molecule has 0 atom stereocenters. The van der Waals surface area contributed by atoms with Crippen LogP contribution in [0.3, 0.4) is 0 Å². The van der Waals surface area contributed by atoms with Gasteiger partial charge in [0.1, 0.15) is 17.2 Å². The molecule has 0 amide bonds. The zero-order chi connectivity index (χ0) is 14.2. The van der Waals surface area contributed by atoms with E-state index in [2.05, 4.69) is 20.3 Å². The molecule has 0 aliphatic carbocycles. The van der Waals surface area contributed by atoms with Crippen molar-refractivity contribution in [1.29, 1.82) is 0 Å². The molecule has 0 saturated heterocycles. The highest BCUT2D eigenvalue weighted by Gasteiger charge is 2.09. The van der Waals surface area contributed by atoms with E-state index in [4.69, 9.17) is 0 Å². The molecule has 3 aromatic heterocycles. The van der Waals surface area contributed by atoms with E-state index in [0.717, 1.165) is 22.3 Å². The molecule has 0 saturated carbocycles. The first-order valence-corrected chi connectivity index (χ1v) is 6.42. The zero-order valence-electron chi connectivity index (χ0n) is 10.9. The van der Waals surface area contributed by atoms with Gasteiger partial charge in [0.05, 0.1) is 11.9 Å². The van der Waals surface area contributed by atoms with E-state index in [9.17, 15) is 4.39 Å². The number of nitrogens with zero attached hydrogens (tertiary/aromatic N) is 4. The van der Waals surface area contributed by atoms with E-state index >= 15 is 0 Å². The number of fused-ring (bicyclic) bond motifs is 1. The van der Waals surface area contributed by atoms with Gasteiger partial charge < -0.3 is 4.98 Å². The number of nitrogens with one attached hydrogen (secondary N) is 1. The van der Waals surface area contributed by atoms with Crippen LogP contribution < -0.4 is 0 Å². The predicted octanol–water partition coefficient (Wildman–Crippen LogP) is 2.95. The predicted molar refractivity (Wildman–Crippen MR) is 76.4 cm³/mol. The van der Waals surface area contributed by atoms with Gasteiger partial charge in [0.25, 0.3) is 0 Å². The van der Waals surface area contributed by atoms with Gasteiger partial charge in [-0.25, -0.2) is 14.1 Å². The van der Waals surface area contributed by atoms with Gasteiger partial charge in [0.2, 0.25) is 0 Å². The first-order valence-electron chi connectivity index (χ1n) is 6.42. The molecule has 0 radical (unpaired) electrons. The molecule has 4 aromatic rings. The maximum atomic E-state index is 13.0. The molecular weight excluding hydrogens is 269 g/mol. The van der Waals surface area contributed by atoms with Crippen molar-refractivity contribution in [2.75, 3.05) is 0 Å². The Kier molecular flexibility index (Phi) is 2.53. The van der Waals surface area contributed by atoms with Crippen LogP contribution in [-0.2, 0) is 0 Å². The topological polar surface area (TPSA) is 59.4 Å². The van der Waals surface area contributed by atoms with Gasteiger partial charge in [-0.2, -0.15) is 0 Å². The number of H-pyrrole nitrogens is 1. The minimum atomic E-state index is -0.270. The van der Waals surface area contributed by atoms with Gasteiger partial charge in [0, 0.05) is 23.3 Å². The van der Waals surface area contributed by atoms with Crippen LogP contribution >= 0.6 is 0 Å². The summed E-state index contributed by atoms with van der Waals surface area (Å²) in [5.41, 5.74) is 3.18. The van der Waals surface area contributed by atoms with Crippen LogP contribution in [0.1, 0.15) is 0 Å². The van der Waals surface area contributed by atoms with Gasteiger partial charge in [-0.15, -0.1) is 5.10 Å². The van der Waals surface area contributed by atoms with E-state index in [1.807, 2.05) is 24.5 Å². The van der Waals surface area contributed by atoms with Crippen molar-refractivity contribution in [3.8, 4) is 16.9 Å². The number of rotatable bonds is 2. The summed E-state index contributed by atoms with van der Waals surface area (Å²) < 4.78 is 14.6. The highest BCUT2D eigenvalue weighted by atomic mass is 19.1. The molecule has 0 aliphatic heterocycles. The first-order chi connectivity index (χ1) is 10.3. The lowest BCUT2D eigenvalue weighted by Gasteiger charge is -1.96. The number of aromatic amines is 1. The van der Waals surface area contributed by atoms with Crippen LogP contribution in [0.5, 0.6) is 0 Å². The third-order valence-electron chi connectivity index (χ3n) is 3.31. The van der Waals surface area contributed by atoms with Crippen molar-refractivity contribution in [3.63, 3.8) is 0 Å². The molecular formula is C15H10FN5. The fourth-order valence-corrected chi connectivity index (χ4v) is 2.27. The monoisotopic (exact) mass is 279 g/mol. The van der Waals surface area contributed by atoms with Crippen molar-refractivity contribution in [3.05, 3.63) is 60.8 Å². The standard InChI is InChI=1S/C15H10FN5/c16-11-5-3-10(4-6-11)13-9-21(20-19-13)14-8-18-15-12(14)2-1-7-17-15/h1-9H,(H,17,18). The fourth-order valence-electron chi connectivity index (χ4n) is 2.27. The van der Waals surface area contributed by atoms with E-state index in [1.54, 1.807) is 23.0 Å². The van der Waals surface area contributed by atoms with Crippen molar-refractivity contribution in [2.45, 2.75) is 0 Å². The van der Waals surface area contributed by atoms with Crippen LogP contribution in [0, 0.1) is 5.82 Å². The number of hydrogen-bond donors (Lipinski definition) is 1. The molecule has 1 aromatic carbocycles. The highest BCUT2D eigenvalue weighted by molar-refractivity contribution is 5.85. The molecule has 1 N–H and O–H groups in total. The van der Waals surface area contributed by atoms with Crippen LogP contribution in [0.15, 0.2) is 55.0 Å². The maximum absolute atomic E-state index is 13.0. The summed E-state index contributed by atoms with van der Waals surface area (Å²) >= 11 is 0. The number of pyridine rings is 1. The molecule has 21 heavy (non-hydrogen) atoms. The average Bonchev–Trinajstić information content (AvgIpc) is 3.14. The van der Waals surface area contributed by atoms with E-state index in [-0.39, 0.29) is 5.82 Å². The van der Waals surface area contributed by atoms with Crippen LogP contribution in [-0.4, -0.2) is 25.0 Å². The fraction of sp³-hybridized carbons (Fsp3) is 0. The van der Waals surface area contributed by atoms with E-state index in [1.165, 1.54) is 12.1 Å². The SMILES string of the molecule is Fc1ccc(-c2cn(-c3c[nH]c4ncccc34)nn2)cc1. The smallest absolute Gasteiger partial charge is 0.139 e. The second kappa shape index (κ2) is 4.52. The molecule has 102 valence electrons. The Bertz CT molecular complexity index is 907. The Morgan fingerprint density at radius 1 is 1.10 bits per heavy atom. The molecule has 0 fully saturated rings. The van der Waals surface area contributed by atoms with E-state index in [0.29, 0.717) is 5.69 Å². The van der Waals surface area contributed by atoms with Gasteiger partial charge >= 0.3 is 0 Å². The summed E-state index contributed by atoms with van der Waals surface area (Å²) in [6.07, 6.45) is 5.37. The number of halogens is 1. The summed E-state index contributed by atoms with van der Waals surface area (Å²) in [5.74, 6) is -0.270. The van der Waals surface area contributed by atoms with Gasteiger partial charge in [-0.05, 0) is 36.4 Å². The number of benzene rings is 1. The normalized spacial score (nSPS) is 11.1. The Morgan fingerprint density at radius 3 is 2.81 bits per heavy atom. The van der Waals surface area contributed by atoms with Crippen LogP contribution in [0.2, 0.25) is 0 Å². The minimum absolute atomic E-state index is 0.270. The summed E-state index contributed by atoms with van der Waals surface area (Å²) in [4.78, 5) is 7.34. The Balaban J connectivity index is 1.79. The molecule has 3 heterocycles. The Labute approximate surface area is 119 Å². The van der Waals surface area contributed by atoms with Gasteiger partial charge in [-0.1, -0.05) is 5.21 Å². The van der Waals surface area contributed by atoms with Crippen molar-refractivity contribution >= 4 is 11.0 Å². The third-order valence-corrected chi connectivity index (χ3v) is 3.31. The third kappa shape index (κ3) is 1.97. The van der Waals surface area contributed by atoms with Gasteiger partial charge in [-0.3, -0.25) is 0 Å². The van der Waals surface area contributed by atoms with Crippen molar-refractivity contribution in [1.82, 2.24) is 25.0 Å². The molecule has 4 rings (SSSR count). The molecule has 0 spiro atoms. The maximum Gasteiger partial charge on any atom is 0.139 e. The quantitative estimate of drug-likeness (QED) is 0.613. The summed E-state index contributed by atoms with van der Waals surface area (Å²) in [5, 5.41) is 9.23. The first kappa shape index (κ1) is 11.8. The molecule has 0 unspecified atom stereocenters. The van der Waals surface area contributed by atoms with Gasteiger partial charge in [0.15, 0.2) is 0 Å². The second-order valence-electron chi connectivity index (χ2n) is 4.63. The lowest BCUT2D eigenvalue weighted by Crippen LogP contribution is -1.93. The largest absolute Gasteiger partial charge is 0.344 e. The molecule has 6 heteroatoms. The van der Waals surface area contributed by atoms with Crippen molar-refractivity contribution < 1.29 is 4.39 Å². The molecule has 0 aliphatic rings. The summed E-state index contributed by atoms with van der Waals surface area (Å²) in [7, 11) is 0. The zero-order valence-corrected chi connectivity index (χ0v) is 10.9. The number of hydrogen-bond acceptors (Lipinski definition) is 3. The minimum Gasteiger partial charge on any atom is -0.344 e. The molecule has 5 nitrogen and oxygen atoms in total. The summed E-state index contributed by atoms with van der Waals surface area (Å²) in [6, 6.07) is 10.0. The average molecular weight is 279 g/mol. The lowest BCUT2D eigenvalue weighted by atomic mass is 10.2. The van der Waals surface area contributed by atoms with Crippen molar-refractivity contribution in [2.24, 2.45) is 0 Å². The second-order valence-corrected chi connectivity index (χ2v) is 4.63. The van der Waals surface area contributed by atoms with E-state index < -0.39 is 0 Å². The highest BCUT2D eigenvalue weighted by Crippen LogP contribution is 2.22. The lowest BCUT2D eigenvalue weighted by molar-refractivity contribution is 0.628.